The van der Waals surface area contributed by atoms with Gasteiger partial charge in [0.1, 0.15) is 11.9 Å². The number of carbonyl (C=O) groups is 1. The first kappa shape index (κ1) is 31.2. The molecular formula is C30H35FN5O5P. The molecule has 4 rings (SSSR count). The van der Waals surface area contributed by atoms with Crippen molar-refractivity contribution in [3.8, 4) is 22.3 Å². The Morgan fingerprint density at radius 1 is 1.10 bits per heavy atom. The number of hydrogen-bond acceptors (Lipinski definition) is 8. The highest BCUT2D eigenvalue weighted by Gasteiger charge is 2.30. The summed E-state index contributed by atoms with van der Waals surface area (Å²) in [5.41, 5.74) is 4.01. The van der Waals surface area contributed by atoms with Crippen LogP contribution in [0, 0.1) is 5.95 Å². The topological polar surface area (TPSA) is 108 Å². The maximum atomic E-state index is 14.2. The molecule has 0 spiro atoms. The molecule has 10 nitrogen and oxygen atoms in total. The van der Waals surface area contributed by atoms with E-state index in [1.807, 2.05) is 49.3 Å². The molecule has 0 fully saturated rings. The third-order valence-corrected chi connectivity index (χ3v) is 7.87. The number of amides is 1. The fourth-order valence-corrected chi connectivity index (χ4v) is 5.65. The molecule has 4 aromatic rings. The van der Waals surface area contributed by atoms with E-state index in [9.17, 15) is 13.8 Å². The Balaban J connectivity index is 1.73. The molecule has 222 valence electrons. The summed E-state index contributed by atoms with van der Waals surface area (Å²) in [5.74, 6) is -0.853. The van der Waals surface area contributed by atoms with Crippen LogP contribution in [0.25, 0.3) is 33.3 Å². The second kappa shape index (κ2) is 14.0. The van der Waals surface area contributed by atoms with E-state index in [-0.39, 0.29) is 19.1 Å². The van der Waals surface area contributed by atoms with E-state index in [0.29, 0.717) is 34.4 Å². The van der Waals surface area contributed by atoms with Crippen LogP contribution in [0.1, 0.15) is 27.0 Å². The number of fused-ring (bicyclic) bond motifs is 1. The van der Waals surface area contributed by atoms with Crippen molar-refractivity contribution in [2.45, 2.75) is 27.0 Å². The summed E-state index contributed by atoms with van der Waals surface area (Å²) in [7, 11) is 0.0148. The van der Waals surface area contributed by atoms with Crippen LogP contribution in [-0.4, -0.2) is 59.2 Å². The number of carbonyl (C=O) groups excluding carboxylic acids is 1. The highest BCUT2D eigenvalue weighted by atomic mass is 31.2. The molecule has 1 atom stereocenters. The van der Waals surface area contributed by atoms with Gasteiger partial charge in [-0.3, -0.25) is 18.4 Å². The Labute approximate surface area is 244 Å². The Morgan fingerprint density at radius 2 is 1.86 bits per heavy atom. The van der Waals surface area contributed by atoms with Crippen molar-refractivity contribution in [3.05, 3.63) is 79.2 Å². The summed E-state index contributed by atoms with van der Waals surface area (Å²) in [6, 6.07) is 12.4. The molecule has 0 aliphatic rings. The molecule has 0 bridgehead atoms. The van der Waals surface area contributed by atoms with Gasteiger partial charge in [-0.2, -0.15) is 4.39 Å². The number of benzene rings is 1. The summed E-state index contributed by atoms with van der Waals surface area (Å²) < 4.78 is 45.4. The van der Waals surface area contributed by atoms with Crippen molar-refractivity contribution in [1.29, 1.82) is 0 Å². The maximum Gasteiger partial charge on any atom is 0.476 e. The molecule has 1 amide bonds. The Morgan fingerprint density at radius 3 is 2.55 bits per heavy atom. The molecule has 12 heteroatoms. The molecular weight excluding hydrogens is 560 g/mol. The van der Waals surface area contributed by atoms with Gasteiger partial charge >= 0.3 is 7.82 Å². The number of pyridine rings is 2. The largest absolute Gasteiger partial charge is 0.476 e. The lowest BCUT2D eigenvalue weighted by Gasteiger charge is -2.22. The van der Waals surface area contributed by atoms with Gasteiger partial charge in [-0.1, -0.05) is 18.2 Å². The predicted octanol–water partition coefficient (Wildman–Crippen LogP) is 6.68. The molecule has 0 aliphatic heterocycles. The SMILES string of the molecule is CCOP(=O)(OCC)OC(C)n1cc(-c2ccnc(F)c2)c2cc(-c3cccc(NC(=O)C=CCN(C)C)c3)cnc21. The van der Waals surface area contributed by atoms with Crippen molar-refractivity contribution < 1.29 is 27.3 Å². The molecule has 0 aliphatic carbocycles. The van der Waals surface area contributed by atoms with Crippen molar-refractivity contribution in [3.63, 3.8) is 0 Å². The highest BCUT2D eigenvalue weighted by molar-refractivity contribution is 7.48. The average Bonchev–Trinajstić information content (AvgIpc) is 3.32. The van der Waals surface area contributed by atoms with Gasteiger partial charge in [0.05, 0.1) is 13.2 Å². The first-order valence-electron chi connectivity index (χ1n) is 13.5. The number of anilines is 1. The molecule has 3 heterocycles. The maximum absolute atomic E-state index is 14.2. The van der Waals surface area contributed by atoms with Crippen molar-refractivity contribution >= 4 is 30.5 Å². The molecule has 1 aromatic carbocycles. The lowest BCUT2D eigenvalue weighted by atomic mass is 10.0. The van der Waals surface area contributed by atoms with E-state index < -0.39 is 20.0 Å². The number of phosphoric ester groups is 1. The van der Waals surface area contributed by atoms with E-state index in [1.54, 1.807) is 49.9 Å². The number of nitrogens with one attached hydrogen (secondary N) is 1. The third kappa shape index (κ3) is 7.76. The summed E-state index contributed by atoms with van der Waals surface area (Å²) in [4.78, 5) is 22.7. The van der Waals surface area contributed by atoms with Crippen LogP contribution in [0.15, 0.2) is 73.2 Å². The zero-order valence-electron chi connectivity index (χ0n) is 24.3. The standard InChI is InChI=1S/C30H35FN5O5P/c1-6-39-42(38,40-7-2)41-21(3)36-20-27(23-13-14-32-28(31)18-23)26-17-24(19-33-30(26)36)22-10-8-11-25(16-22)34-29(37)12-9-15-35(4)5/h8-14,16-21H,6-7,15H2,1-5H3,(H,34,37). The number of phosphoric acid groups is 1. The molecule has 3 aromatic heterocycles. The number of aromatic nitrogens is 3. The number of likely N-dealkylation sites (N-methyl/N-ethyl adjacent to an activating group) is 1. The number of halogens is 1. The zero-order valence-corrected chi connectivity index (χ0v) is 25.2. The third-order valence-electron chi connectivity index (χ3n) is 6.16. The molecule has 0 saturated carbocycles. The second-order valence-electron chi connectivity index (χ2n) is 9.63. The van der Waals surface area contributed by atoms with Crippen LogP contribution in [-0.2, 0) is 22.9 Å². The van der Waals surface area contributed by atoms with Gasteiger partial charge in [-0.25, -0.2) is 14.5 Å². The Hall–Kier alpha value is -3.73. The van der Waals surface area contributed by atoms with Crippen molar-refractivity contribution in [1.82, 2.24) is 19.4 Å². The highest BCUT2D eigenvalue weighted by Crippen LogP contribution is 2.52. The fraction of sp³-hybridized carbons (Fsp3) is 0.300. The van der Waals surface area contributed by atoms with Crippen LogP contribution in [0.4, 0.5) is 10.1 Å². The number of nitrogens with zero attached hydrogens (tertiary/aromatic N) is 4. The second-order valence-corrected chi connectivity index (χ2v) is 11.3. The number of rotatable bonds is 13. The van der Waals surface area contributed by atoms with E-state index in [4.69, 9.17) is 18.6 Å². The van der Waals surface area contributed by atoms with Gasteiger partial charge < -0.3 is 14.8 Å². The minimum Gasteiger partial charge on any atom is -0.323 e. The van der Waals surface area contributed by atoms with Gasteiger partial charge in [0.15, 0.2) is 0 Å². The quantitative estimate of drug-likeness (QED) is 0.104. The number of hydrogen-bond donors (Lipinski definition) is 1. The van der Waals surface area contributed by atoms with Gasteiger partial charge in [-0.05, 0) is 70.3 Å². The van der Waals surface area contributed by atoms with Gasteiger partial charge in [0.2, 0.25) is 11.9 Å². The average molecular weight is 596 g/mol. The fourth-order valence-electron chi connectivity index (χ4n) is 4.35. The van der Waals surface area contributed by atoms with Crippen LogP contribution in [0.5, 0.6) is 0 Å². The predicted molar refractivity (Wildman–Crippen MR) is 161 cm³/mol. The first-order chi connectivity index (χ1) is 20.1. The lowest BCUT2D eigenvalue weighted by Crippen LogP contribution is -2.12. The van der Waals surface area contributed by atoms with Gasteiger partial charge in [-0.15, -0.1) is 0 Å². The van der Waals surface area contributed by atoms with E-state index in [2.05, 4.69) is 10.3 Å². The smallest absolute Gasteiger partial charge is 0.323 e. The summed E-state index contributed by atoms with van der Waals surface area (Å²) >= 11 is 0. The van der Waals surface area contributed by atoms with Crippen LogP contribution < -0.4 is 5.32 Å². The van der Waals surface area contributed by atoms with E-state index >= 15 is 0 Å². The molecule has 1 unspecified atom stereocenters. The minimum absolute atomic E-state index is 0.144. The van der Waals surface area contributed by atoms with E-state index in [0.717, 1.165) is 11.1 Å². The summed E-state index contributed by atoms with van der Waals surface area (Å²) in [6.07, 6.45) is 7.35. The Kier molecular flexibility index (Phi) is 10.4. The molecule has 1 N–H and O–H groups in total. The van der Waals surface area contributed by atoms with Crippen molar-refractivity contribution in [2.24, 2.45) is 0 Å². The van der Waals surface area contributed by atoms with Gasteiger partial charge in [0, 0.05) is 59.5 Å². The van der Waals surface area contributed by atoms with Crippen LogP contribution in [0.3, 0.4) is 0 Å². The normalized spacial score (nSPS) is 12.8. The van der Waals surface area contributed by atoms with E-state index in [1.165, 1.54) is 18.3 Å². The zero-order chi connectivity index (χ0) is 30.3. The van der Waals surface area contributed by atoms with Crippen LogP contribution >= 0.6 is 7.82 Å². The monoisotopic (exact) mass is 595 g/mol. The summed E-state index contributed by atoms with van der Waals surface area (Å²) in [5, 5.41) is 3.59. The molecule has 0 saturated heterocycles. The summed E-state index contributed by atoms with van der Waals surface area (Å²) in [6.45, 7) is 6.05. The van der Waals surface area contributed by atoms with Crippen LogP contribution in [0.2, 0.25) is 0 Å². The van der Waals surface area contributed by atoms with Gasteiger partial charge in [0.25, 0.3) is 0 Å². The molecule has 0 radical (unpaired) electrons. The Bertz CT molecular complexity index is 1610. The van der Waals surface area contributed by atoms with Crippen molar-refractivity contribution in [2.75, 3.05) is 39.2 Å². The first-order valence-corrected chi connectivity index (χ1v) is 15.0. The minimum atomic E-state index is -3.84. The lowest BCUT2D eigenvalue weighted by molar-refractivity contribution is -0.111. The molecule has 42 heavy (non-hydrogen) atoms.